The van der Waals surface area contributed by atoms with Gasteiger partial charge < -0.3 is 14.8 Å². The van der Waals surface area contributed by atoms with Crippen molar-refractivity contribution >= 4 is 12.0 Å². The van der Waals surface area contributed by atoms with Crippen LogP contribution in [0.15, 0.2) is 10.7 Å². The summed E-state index contributed by atoms with van der Waals surface area (Å²) in [4.78, 5) is 14.5. The second-order valence-corrected chi connectivity index (χ2v) is 4.95. The lowest BCUT2D eigenvalue weighted by Crippen LogP contribution is -2.30. The summed E-state index contributed by atoms with van der Waals surface area (Å²) >= 11 is 0. The highest BCUT2D eigenvalue weighted by Crippen LogP contribution is 2.30. The minimum atomic E-state index is -1.06. The number of aromatic carboxylic acids is 1. The minimum Gasteiger partial charge on any atom is -0.476 e. The summed E-state index contributed by atoms with van der Waals surface area (Å²) in [6.07, 6.45) is 4.51. The van der Waals surface area contributed by atoms with Gasteiger partial charge in [0.2, 0.25) is 0 Å². The van der Waals surface area contributed by atoms with Crippen LogP contribution in [0.5, 0.6) is 0 Å². The second-order valence-electron chi connectivity index (χ2n) is 4.95. The molecule has 1 saturated carbocycles. The topological polar surface area (TPSA) is 75.4 Å². The number of oxazole rings is 1. The molecule has 0 spiro atoms. The highest BCUT2D eigenvalue weighted by atomic mass is 16.4. The molecular weight excluding hydrogens is 220 g/mol. The zero-order valence-corrected chi connectivity index (χ0v) is 10.1. The van der Waals surface area contributed by atoms with Crippen molar-refractivity contribution < 1.29 is 14.3 Å². The van der Waals surface area contributed by atoms with E-state index in [2.05, 4.69) is 24.1 Å². The van der Waals surface area contributed by atoms with Gasteiger partial charge in [0, 0.05) is 6.04 Å². The van der Waals surface area contributed by atoms with E-state index < -0.39 is 5.97 Å². The summed E-state index contributed by atoms with van der Waals surface area (Å²) < 4.78 is 5.09. The Morgan fingerprint density at radius 1 is 1.47 bits per heavy atom. The molecular formula is C12H18N2O3. The number of rotatable bonds is 3. The number of hydrogen-bond acceptors (Lipinski definition) is 4. The summed E-state index contributed by atoms with van der Waals surface area (Å²) in [7, 11) is 0. The van der Waals surface area contributed by atoms with E-state index in [4.69, 9.17) is 9.52 Å². The molecule has 5 nitrogen and oxygen atoms in total. The molecule has 17 heavy (non-hydrogen) atoms. The fourth-order valence-corrected chi connectivity index (χ4v) is 2.29. The van der Waals surface area contributed by atoms with Gasteiger partial charge >= 0.3 is 5.97 Å². The predicted octanol–water partition coefficient (Wildman–Crippen LogP) is 2.61. The zero-order valence-electron chi connectivity index (χ0n) is 10.1. The number of aromatic nitrogens is 1. The molecule has 0 radical (unpaired) electrons. The smallest absolute Gasteiger partial charge is 0.357 e. The van der Waals surface area contributed by atoms with Crippen LogP contribution in [0.2, 0.25) is 0 Å². The first-order valence-corrected chi connectivity index (χ1v) is 6.01. The van der Waals surface area contributed by atoms with Crippen LogP contribution in [0, 0.1) is 11.8 Å². The summed E-state index contributed by atoms with van der Waals surface area (Å²) in [5.41, 5.74) is -0.0512. The average Bonchev–Trinajstić information content (AvgIpc) is 2.72. The molecule has 94 valence electrons. The molecule has 3 atom stereocenters. The monoisotopic (exact) mass is 238 g/mol. The van der Waals surface area contributed by atoms with Crippen LogP contribution in [0.4, 0.5) is 6.01 Å². The van der Waals surface area contributed by atoms with Gasteiger partial charge in [-0.05, 0) is 31.1 Å². The number of carboxylic acids is 1. The van der Waals surface area contributed by atoms with Gasteiger partial charge in [-0.2, -0.15) is 4.98 Å². The lowest BCUT2D eigenvalue weighted by Gasteiger charge is -2.32. The Bertz CT molecular complexity index is 402. The van der Waals surface area contributed by atoms with E-state index in [0.29, 0.717) is 18.0 Å². The first kappa shape index (κ1) is 12.0. The summed E-state index contributed by atoms with van der Waals surface area (Å²) in [6.45, 7) is 4.52. The van der Waals surface area contributed by atoms with E-state index in [0.717, 1.165) is 18.8 Å². The molecule has 5 heteroatoms. The van der Waals surface area contributed by atoms with E-state index in [9.17, 15) is 4.79 Å². The molecule has 0 aliphatic heterocycles. The van der Waals surface area contributed by atoms with Gasteiger partial charge in [0.05, 0.1) is 0 Å². The Kier molecular flexibility index (Phi) is 3.36. The molecule has 1 aromatic rings. The quantitative estimate of drug-likeness (QED) is 0.846. The van der Waals surface area contributed by atoms with Gasteiger partial charge in [-0.15, -0.1) is 0 Å². The van der Waals surface area contributed by atoms with Crippen LogP contribution in [0.1, 0.15) is 43.6 Å². The van der Waals surface area contributed by atoms with Crippen LogP contribution in [-0.4, -0.2) is 22.1 Å². The zero-order chi connectivity index (χ0) is 12.4. The SMILES string of the molecule is CC1CCC(Nc2nc(C(=O)O)co2)CC1C. The Morgan fingerprint density at radius 3 is 2.82 bits per heavy atom. The maximum Gasteiger partial charge on any atom is 0.357 e. The largest absolute Gasteiger partial charge is 0.476 e. The van der Waals surface area contributed by atoms with Crippen molar-refractivity contribution in [3.63, 3.8) is 0 Å². The van der Waals surface area contributed by atoms with Crippen molar-refractivity contribution in [2.45, 2.75) is 39.2 Å². The van der Waals surface area contributed by atoms with Crippen molar-refractivity contribution in [3.8, 4) is 0 Å². The molecule has 2 N–H and O–H groups in total. The Balaban J connectivity index is 1.94. The third-order valence-corrected chi connectivity index (χ3v) is 3.65. The lowest BCUT2D eigenvalue weighted by molar-refractivity contribution is 0.0690. The van der Waals surface area contributed by atoms with E-state index in [1.54, 1.807) is 0 Å². The molecule has 3 unspecified atom stereocenters. The van der Waals surface area contributed by atoms with Crippen molar-refractivity contribution in [1.29, 1.82) is 0 Å². The van der Waals surface area contributed by atoms with Crippen LogP contribution >= 0.6 is 0 Å². The first-order valence-electron chi connectivity index (χ1n) is 6.01. The summed E-state index contributed by atoms with van der Waals surface area (Å²) in [5.74, 6) is 0.370. The van der Waals surface area contributed by atoms with Gasteiger partial charge in [-0.1, -0.05) is 13.8 Å². The minimum absolute atomic E-state index is 0.0512. The highest BCUT2D eigenvalue weighted by Gasteiger charge is 2.25. The van der Waals surface area contributed by atoms with Crippen molar-refractivity contribution in [3.05, 3.63) is 12.0 Å². The molecule has 1 fully saturated rings. The number of nitrogens with one attached hydrogen (secondary N) is 1. The fourth-order valence-electron chi connectivity index (χ4n) is 2.29. The molecule has 0 bridgehead atoms. The van der Waals surface area contributed by atoms with Gasteiger partial charge in [0.25, 0.3) is 6.01 Å². The van der Waals surface area contributed by atoms with Crippen LogP contribution < -0.4 is 5.32 Å². The number of nitrogens with zero attached hydrogens (tertiary/aromatic N) is 1. The summed E-state index contributed by atoms with van der Waals surface area (Å²) in [5, 5.41) is 11.9. The molecule has 0 saturated heterocycles. The van der Waals surface area contributed by atoms with Crippen molar-refractivity contribution in [2.24, 2.45) is 11.8 Å². The molecule has 1 heterocycles. The average molecular weight is 238 g/mol. The van der Waals surface area contributed by atoms with Crippen LogP contribution in [-0.2, 0) is 0 Å². The van der Waals surface area contributed by atoms with Gasteiger partial charge in [-0.25, -0.2) is 4.79 Å². The molecule has 1 aliphatic rings. The molecule has 1 aromatic heterocycles. The Morgan fingerprint density at radius 2 is 2.24 bits per heavy atom. The van der Waals surface area contributed by atoms with E-state index in [1.165, 1.54) is 12.7 Å². The Hall–Kier alpha value is -1.52. The Labute approximate surface area is 100 Å². The molecule has 1 aliphatic carbocycles. The lowest BCUT2D eigenvalue weighted by atomic mass is 9.79. The normalized spacial score (nSPS) is 28.9. The van der Waals surface area contributed by atoms with Gasteiger partial charge in [-0.3, -0.25) is 0 Å². The first-order chi connectivity index (χ1) is 8.06. The predicted molar refractivity (Wildman–Crippen MR) is 63.1 cm³/mol. The molecule has 0 amide bonds. The van der Waals surface area contributed by atoms with Crippen LogP contribution in [0.25, 0.3) is 0 Å². The highest BCUT2D eigenvalue weighted by molar-refractivity contribution is 5.85. The second kappa shape index (κ2) is 4.77. The van der Waals surface area contributed by atoms with E-state index in [-0.39, 0.29) is 5.69 Å². The third-order valence-electron chi connectivity index (χ3n) is 3.65. The number of carboxylic acid groups (broad SMARTS) is 1. The fraction of sp³-hybridized carbons (Fsp3) is 0.667. The van der Waals surface area contributed by atoms with Crippen molar-refractivity contribution in [1.82, 2.24) is 4.98 Å². The number of carbonyl (C=O) groups is 1. The number of hydrogen-bond donors (Lipinski definition) is 2. The van der Waals surface area contributed by atoms with Crippen molar-refractivity contribution in [2.75, 3.05) is 5.32 Å². The maximum absolute atomic E-state index is 10.7. The standard InChI is InChI=1S/C12H18N2O3/c1-7-3-4-9(5-8(7)2)13-12-14-10(6-17-12)11(15)16/h6-9H,3-5H2,1-2H3,(H,13,14)(H,15,16). The van der Waals surface area contributed by atoms with E-state index in [1.807, 2.05) is 0 Å². The third kappa shape index (κ3) is 2.78. The molecule has 2 rings (SSSR count). The maximum atomic E-state index is 10.7. The number of anilines is 1. The summed E-state index contributed by atoms with van der Waals surface area (Å²) in [6, 6.07) is 0.649. The van der Waals surface area contributed by atoms with Gasteiger partial charge in [0.15, 0.2) is 5.69 Å². The van der Waals surface area contributed by atoms with E-state index >= 15 is 0 Å². The molecule has 0 aromatic carbocycles. The van der Waals surface area contributed by atoms with Gasteiger partial charge in [0.1, 0.15) is 6.26 Å². The van der Waals surface area contributed by atoms with Crippen LogP contribution in [0.3, 0.4) is 0 Å².